The maximum Gasteiger partial charge on any atom is 0.408 e. The Morgan fingerprint density at radius 1 is 1.53 bits per heavy atom. The van der Waals surface area contributed by atoms with Gasteiger partial charge in [-0.15, -0.1) is 0 Å². The molecule has 0 aliphatic rings. The lowest BCUT2D eigenvalue weighted by Gasteiger charge is -2.23. The van der Waals surface area contributed by atoms with Gasteiger partial charge in [0.15, 0.2) is 0 Å². The number of amides is 1. The van der Waals surface area contributed by atoms with Crippen LogP contribution >= 0.6 is 15.9 Å². The van der Waals surface area contributed by atoms with Gasteiger partial charge in [-0.2, -0.15) is 0 Å². The first-order chi connectivity index (χ1) is 8.74. The number of halogens is 2. The second-order valence-corrected chi connectivity index (χ2v) is 5.87. The molecule has 6 heteroatoms. The number of ether oxygens (including phenoxy) is 1. The van der Waals surface area contributed by atoms with Gasteiger partial charge in [-0.1, -0.05) is 12.1 Å². The zero-order valence-corrected chi connectivity index (χ0v) is 12.8. The molecule has 1 rings (SSSR count). The first kappa shape index (κ1) is 15.9. The molecule has 0 radical (unpaired) electrons. The van der Waals surface area contributed by atoms with Crippen molar-refractivity contribution in [1.82, 2.24) is 5.32 Å². The lowest BCUT2D eigenvalue weighted by Crippen LogP contribution is -2.38. The lowest BCUT2D eigenvalue weighted by molar-refractivity contribution is 0.0505. The molecule has 3 N–H and O–H groups in total. The summed E-state index contributed by atoms with van der Waals surface area (Å²) in [7, 11) is 0. The molecule has 0 aliphatic carbocycles. The van der Waals surface area contributed by atoms with Crippen LogP contribution in [0.5, 0.6) is 0 Å². The van der Waals surface area contributed by atoms with Gasteiger partial charge in [0.1, 0.15) is 11.4 Å². The first-order valence-corrected chi connectivity index (χ1v) is 6.67. The molecule has 1 amide bonds. The van der Waals surface area contributed by atoms with Crippen LogP contribution in [0.2, 0.25) is 0 Å². The van der Waals surface area contributed by atoms with Gasteiger partial charge < -0.3 is 15.8 Å². The van der Waals surface area contributed by atoms with Crippen LogP contribution < -0.4 is 11.1 Å². The van der Waals surface area contributed by atoms with E-state index in [0.717, 1.165) is 0 Å². The Morgan fingerprint density at radius 2 is 2.16 bits per heavy atom. The highest BCUT2D eigenvalue weighted by molar-refractivity contribution is 9.10. The van der Waals surface area contributed by atoms with Crippen LogP contribution in [0.4, 0.5) is 9.18 Å². The first-order valence-electron chi connectivity index (χ1n) is 5.88. The molecule has 0 heterocycles. The SMILES string of the molecule is CC(C)(C)OC(=O)NC(CN)c1cccc(F)c1Br. The zero-order chi connectivity index (χ0) is 14.6. The fourth-order valence-electron chi connectivity index (χ4n) is 1.50. The highest BCUT2D eigenvalue weighted by Gasteiger charge is 2.21. The highest BCUT2D eigenvalue weighted by atomic mass is 79.9. The minimum Gasteiger partial charge on any atom is -0.444 e. The Labute approximate surface area is 120 Å². The number of nitrogens with one attached hydrogen (secondary N) is 1. The number of nitrogens with two attached hydrogens (primary N) is 1. The van der Waals surface area contributed by atoms with Crippen molar-refractivity contribution in [1.29, 1.82) is 0 Å². The van der Waals surface area contributed by atoms with Crippen LogP contribution in [-0.4, -0.2) is 18.2 Å². The molecule has 0 saturated heterocycles. The fourth-order valence-corrected chi connectivity index (χ4v) is 2.04. The summed E-state index contributed by atoms with van der Waals surface area (Å²) in [5.74, 6) is -0.401. The number of hydrogen-bond acceptors (Lipinski definition) is 3. The molecule has 1 unspecified atom stereocenters. The minimum absolute atomic E-state index is 0.140. The van der Waals surface area contributed by atoms with E-state index in [1.54, 1.807) is 32.9 Å². The largest absolute Gasteiger partial charge is 0.444 e. The Bertz CT molecular complexity index is 460. The number of benzene rings is 1. The maximum atomic E-state index is 13.5. The van der Waals surface area contributed by atoms with Gasteiger partial charge in [0, 0.05) is 6.54 Å². The smallest absolute Gasteiger partial charge is 0.408 e. The predicted octanol–water partition coefficient (Wildman–Crippen LogP) is 3.11. The molecule has 19 heavy (non-hydrogen) atoms. The molecule has 1 atom stereocenters. The second-order valence-electron chi connectivity index (χ2n) is 5.08. The van der Waals surface area contributed by atoms with Crippen molar-refractivity contribution in [2.24, 2.45) is 5.73 Å². The van der Waals surface area contributed by atoms with Crippen molar-refractivity contribution in [2.75, 3.05) is 6.54 Å². The van der Waals surface area contributed by atoms with Crippen LogP contribution in [0.15, 0.2) is 22.7 Å². The van der Waals surface area contributed by atoms with Crippen molar-refractivity contribution >= 4 is 22.0 Å². The number of alkyl carbamates (subject to hydrolysis) is 1. The predicted molar refractivity (Wildman–Crippen MR) is 75.3 cm³/mol. The minimum atomic E-state index is -0.595. The van der Waals surface area contributed by atoms with Crippen molar-refractivity contribution in [3.63, 3.8) is 0 Å². The van der Waals surface area contributed by atoms with E-state index >= 15 is 0 Å². The third-order valence-corrected chi connectivity index (χ3v) is 3.12. The third-order valence-electron chi connectivity index (χ3n) is 2.28. The van der Waals surface area contributed by atoms with Gasteiger partial charge in [0.25, 0.3) is 0 Å². The van der Waals surface area contributed by atoms with Crippen LogP contribution in [0, 0.1) is 5.82 Å². The van der Waals surface area contributed by atoms with Gasteiger partial charge in [0.2, 0.25) is 0 Å². The van der Waals surface area contributed by atoms with E-state index in [1.807, 2.05) is 0 Å². The van der Waals surface area contributed by atoms with E-state index in [1.165, 1.54) is 6.07 Å². The maximum absolute atomic E-state index is 13.5. The van der Waals surface area contributed by atoms with Crippen LogP contribution in [-0.2, 0) is 4.74 Å². The van der Waals surface area contributed by atoms with E-state index in [2.05, 4.69) is 21.2 Å². The molecule has 106 valence electrons. The molecule has 4 nitrogen and oxygen atoms in total. The van der Waals surface area contributed by atoms with E-state index in [-0.39, 0.29) is 6.54 Å². The average Bonchev–Trinajstić information content (AvgIpc) is 2.27. The summed E-state index contributed by atoms with van der Waals surface area (Å²) in [6.45, 7) is 5.44. The summed E-state index contributed by atoms with van der Waals surface area (Å²) in [6, 6.07) is 4.07. The summed E-state index contributed by atoms with van der Waals surface area (Å²) in [5, 5.41) is 2.62. The number of carbonyl (C=O) groups excluding carboxylic acids is 1. The molecule has 0 fully saturated rings. The normalized spacial score (nSPS) is 12.9. The second kappa shape index (κ2) is 6.34. The highest BCUT2D eigenvalue weighted by Crippen LogP contribution is 2.26. The Hall–Kier alpha value is -1.14. The number of carbonyl (C=O) groups is 1. The van der Waals surface area contributed by atoms with Crippen LogP contribution in [0.3, 0.4) is 0 Å². The fraction of sp³-hybridized carbons (Fsp3) is 0.462. The summed E-state index contributed by atoms with van der Waals surface area (Å²) in [6.07, 6.45) is -0.584. The van der Waals surface area contributed by atoms with E-state index in [4.69, 9.17) is 10.5 Å². The van der Waals surface area contributed by atoms with Crippen molar-refractivity contribution in [3.05, 3.63) is 34.1 Å². The van der Waals surface area contributed by atoms with E-state index in [0.29, 0.717) is 10.0 Å². The Balaban J connectivity index is 2.84. The molecular weight excluding hydrogens is 315 g/mol. The Morgan fingerprint density at radius 3 is 2.68 bits per heavy atom. The summed E-state index contributed by atoms with van der Waals surface area (Å²) < 4.78 is 18.9. The van der Waals surface area contributed by atoms with Gasteiger partial charge in [-0.25, -0.2) is 9.18 Å². The van der Waals surface area contributed by atoms with Gasteiger partial charge in [-0.3, -0.25) is 0 Å². The number of rotatable bonds is 3. The summed E-state index contributed by atoms with van der Waals surface area (Å²) >= 11 is 3.15. The standard InChI is InChI=1S/C13H18BrFN2O2/c1-13(2,3)19-12(18)17-10(7-16)8-5-4-6-9(15)11(8)14/h4-6,10H,7,16H2,1-3H3,(H,17,18). The van der Waals surface area contributed by atoms with Gasteiger partial charge in [0.05, 0.1) is 10.5 Å². The Kier molecular flexibility index (Phi) is 5.31. The molecule has 1 aromatic carbocycles. The monoisotopic (exact) mass is 332 g/mol. The molecule has 0 aliphatic heterocycles. The van der Waals surface area contributed by atoms with E-state index in [9.17, 15) is 9.18 Å². The van der Waals surface area contributed by atoms with Gasteiger partial charge in [-0.05, 0) is 48.3 Å². The summed E-state index contributed by atoms with van der Waals surface area (Å²) in [4.78, 5) is 11.7. The van der Waals surface area contributed by atoms with Crippen molar-refractivity contribution in [3.8, 4) is 0 Å². The van der Waals surface area contributed by atoms with Crippen LogP contribution in [0.25, 0.3) is 0 Å². The van der Waals surface area contributed by atoms with Crippen molar-refractivity contribution in [2.45, 2.75) is 32.4 Å². The molecule has 0 spiro atoms. The third kappa shape index (κ3) is 4.80. The quantitative estimate of drug-likeness (QED) is 0.893. The average molecular weight is 333 g/mol. The molecule has 0 saturated carbocycles. The molecule has 1 aromatic rings. The van der Waals surface area contributed by atoms with Gasteiger partial charge >= 0.3 is 6.09 Å². The molecule has 0 bridgehead atoms. The number of hydrogen-bond donors (Lipinski definition) is 2. The van der Waals surface area contributed by atoms with E-state index < -0.39 is 23.6 Å². The van der Waals surface area contributed by atoms with Crippen molar-refractivity contribution < 1.29 is 13.9 Å². The van der Waals surface area contributed by atoms with Crippen LogP contribution in [0.1, 0.15) is 32.4 Å². The molecule has 0 aromatic heterocycles. The lowest BCUT2D eigenvalue weighted by atomic mass is 10.1. The zero-order valence-electron chi connectivity index (χ0n) is 11.2. The molecular formula is C13H18BrFN2O2. The topological polar surface area (TPSA) is 64.3 Å². The summed E-state index contributed by atoms with van der Waals surface area (Å²) in [5.41, 5.74) is 5.60.